The van der Waals surface area contributed by atoms with Gasteiger partial charge in [-0.3, -0.25) is 4.79 Å². The molecule has 84 valence electrons. The van der Waals surface area contributed by atoms with Crippen LogP contribution in [0.3, 0.4) is 0 Å². The predicted octanol–water partition coefficient (Wildman–Crippen LogP) is 3.64. The number of hydrogen-bond donors (Lipinski definition) is 0. The van der Waals surface area contributed by atoms with Crippen LogP contribution < -0.4 is 4.74 Å². The van der Waals surface area contributed by atoms with Gasteiger partial charge in [0, 0.05) is 5.56 Å². The number of carbonyl (C=O) groups is 1. The first-order chi connectivity index (χ1) is 7.72. The molecule has 3 heteroatoms. The molecule has 0 saturated heterocycles. The molecule has 1 aromatic carbocycles. The van der Waals surface area contributed by atoms with Crippen LogP contribution in [0.1, 0.15) is 29.6 Å². The highest BCUT2D eigenvalue weighted by Crippen LogP contribution is 2.28. The van der Waals surface area contributed by atoms with Gasteiger partial charge in [-0.05, 0) is 43.0 Å². The van der Waals surface area contributed by atoms with Gasteiger partial charge in [0.1, 0.15) is 5.75 Å². The summed E-state index contributed by atoms with van der Waals surface area (Å²) in [4.78, 5) is 12.1. The van der Waals surface area contributed by atoms with Crippen LogP contribution in [0.25, 0.3) is 0 Å². The molecule has 2 nitrogen and oxygen atoms in total. The molecule has 16 heavy (non-hydrogen) atoms. The molecular weight excluding hydrogens is 224 g/mol. The lowest BCUT2D eigenvalue weighted by Gasteiger charge is -2.06. The number of benzene rings is 1. The molecule has 0 aliphatic heterocycles. The maximum atomic E-state index is 12.1. The largest absolute Gasteiger partial charge is 0.495 e. The SMILES string of the molecule is COc1cc(C(=O)C2=CCCC2)ccc1Cl. The van der Waals surface area contributed by atoms with E-state index in [9.17, 15) is 4.79 Å². The molecule has 2 rings (SSSR count). The minimum absolute atomic E-state index is 0.0902. The van der Waals surface area contributed by atoms with Crippen LogP contribution in [0.2, 0.25) is 5.02 Å². The number of rotatable bonds is 3. The van der Waals surface area contributed by atoms with Crippen molar-refractivity contribution in [2.75, 3.05) is 7.11 Å². The second-order valence-electron chi connectivity index (χ2n) is 3.80. The maximum Gasteiger partial charge on any atom is 0.188 e. The molecule has 0 fully saturated rings. The topological polar surface area (TPSA) is 26.3 Å². The fourth-order valence-corrected chi connectivity index (χ4v) is 2.06. The van der Waals surface area contributed by atoms with E-state index in [0.29, 0.717) is 16.3 Å². The average molecular weight is 237 g/mol. The summed E-state index contributed by atoms with van der Waals surface area (Å²) in [6.45, 7) is 0. The molecule has 0 unspecified atom stereocenters. The summed E-state index contributed by atoms with van der Waals surface area (Å²) in [6, 6.07) is 5.14. The van der Waals surface area contributed by atoms with Crippen LogP contribution in [0.15, 0.2) is 29.8 Å². The van der Waals surface area contributed by atoms with Crippen molar-refractivity contribution in [3.63, 3.8) is 0 Å². The van der Waals surface area contributed by atoms with Crippen LogP contribution in [-0.2, 0) is 0 Å². The third-order valence-electron chi connectivity index (χ3n) is 2.75. The molecule has 0 N–H and O–H groups in total. The van der Waals surface area contributed by atoms with Crippen molar-refractivity contribution >= 4 is 17.4 Å². The van der Waals surface area contributed by atoms with Gasteiger partial charge >= 0.3 is 0 Å². The van der Waals surface area contributed by atoms with Gasteiger partial charge in [-0.25, -0.2) is 0 Å². The smallest absolute Gasteiger partial charge is 0.188 e. The molecule has 0 saturated carbocycles. The van der Waals surface area contributed by atoms with E-state index in [4.69, 9.17) is 16.3 Å². The highest BCUT2D eigenvalue weighted by atomic mass is 35.5. The Bertz CT molecular complexity index is 449. The van der Waals surface area contributed by atoms with Gasteiger partial charge in [-0.2, -0.15) is 0 Å². The number of methoxy groups -OCH3 is 1. The molecule has 0 amide bonds. The highest BCUT2D eigenvalue weighted by molar-refractivity contribution is 6.32. The van der Waals surface area contributed by atoms with E-state index in [-0.39, 0.29) is 5.78 Å². The van der Waals surface area contributed by atoms with Gasteiger partial charge in [0.15, 0.2) is 5.78 Å². The summed E-state index contributed by atoms with van der Waals surface area (Å²) in [5.41, 5.74) is 1.55. The van der Waals surface area contributed by atoms with Crippen molar-refractivity contribution in [3.05, 3.63) is 40.4 Å². The van der Waals surface area contributed by atoms with Crippen LogP contribution in [0.5, 0.6) is 5.75 Å². The maximum absolute atomic E-state index is 12.1. The first-order valence-electron chi connectivity index (χ1n) is 5.29. The molecule has 0 atom stereocenters. The molecule has 0 bridgehead atoms. The molecule has 0 heterocycles. The minimum atomic E-state index is 0.0902. The van der Waals surface area contributed by atoms with E-state index >= 15 is 0 Å². The molecule has 1 aliphatic carbocycles. The van der Waals surface area contributed by atoms with E-state index < -0.39 is 0 Å². The summed E-state index contributed by atoms with van der Waals surface area (Å²) in [6.07, 6.45) is 4.98. The fraction of sp³-hybridized carbons (Fsp3) is 0.308. The number of hydrogen-bond acceptors (Lipinski definition) is 2. The third-order valence-corrected chi connectivity index (χ3v) is 3.06. The van der Waals surface area contributed by atoms with Gasteiger partial charge in [0.2, 0.25) is 0 Å². The van der Waals surface area contributed by atoms with Crippen molar-refractivity contribution in [1.29, 1.82) is 0 Å². The Kier molecular flexibility index (Phi) is 3.30. The summed E-state index contributed by atoms with van der Waals surface area (Å²) < 4.78 is 5.09. The van der Waals surface area contributed by atoms with Gasteiger partial charge < -0.3 is 4.74 Å². The van der Waals surface area contributed by atoms with Gasteiger partial charge in [-0.1, -0.05) is 17.7 Å². The predicted molar refractivity (Wildman–Crippen MR) is 64.3 cm³/mol. The van der Waals surface area contributed by atoms with Crippen LogP contribution in [0.4, 0.5) is 0 Å². The zero-order valence-corrected chi connectivity index (χ0v) is 9.88. The summed E-state index contributed by atoms with van der Waals surface area (Å²) >= 11 is 5.91. The van der Waals surface area contributed by atoms with Crippen molar-refractivity contribution in [2.45, 2.75) is 19.3 Å². The van der Waals surface area contributed by atoms with Crippen molar-refractivity contribution < 1.29 is 9.53 Å². The Morgan fingerprint density at radius 1 is 1.44 bits per heavy atom. The van der Waals surface area contributed by atoms with E-state index in [1.54, 1.807) is 25.3 Å². The monoisotopic (exact) mass is 236 g/mol. The van der Waals surface area contributed by atoms with Gasteiger partial charge in [0.25, 0.3) is 0 Å². The number of carbonyl (C=O) groups excluding carboxylic acids is 1. The zero-order valence-electron chi connectivity index (χ0n) is 9.13. The molecule has 0 spiro atoms. The van der Waals surface area contributed by atoms with E-state index in [1.165, 1.54) is 0 Å². The lowest BCUT2D eigenvalue weighted by Crippen LogP contribution is -2.02. The Morgan fingerprint density at radius 2 is 2.25 bits per heavy atom. The number of ether oxygens (including phenoxy) is 1. The molecule has 0 aromatic heterocycles. The third kappa shape index (κ3) is 2.12. The average Bonchev–Trinajstić information content (AvgIpc) is 2.82. The Balaban J connectivity index is 2.30. The molecule has 1 aromatic rings. The van der Waals surface area contributed by atoms with Crippen LogP contribution in [-0.4, -0.2) is 12.9 Å². The van der Waals surface area contributed by atoms with Gasteiger partial charge in [0.05, 0.1) is 12.1 Å². The fourth-order valence-electron chi connectivity index (χ4n) is 1.86. The second kappa shape index (κ2) is 4.71. The summed E-state index contributed by atoms with van der Waals surface area (Å²) in [7, 11) is 1.55. The molecule has 0 radical (unpaired) electrons. The quantitative estimate of drug-likeness (QED) is 0.749. The standard InChI is InChI=1S/C13H13ClO2/c1-16-12-8-10(6-7-11(12)14)13(15)9-4-2-3-5-9/h4,6-8H,2-3,5H2,1H3. The normalized spacial score (nSPS) is 14.8. The summed E-state index contributed by atoms with van der Waals surface area (Å²) in [5, 5.41) is 0.527. The van der Waals surface area contributed by atoms with E-state index in [2.05, 4.69) is 0 Å². The number of Topliss-reactive ketones (excluding diaryl/α,β-unsaturated/α-hetero) is 1. The van der Waals surface area contributed by atoms with E-state index in [0.717, 1.165) is 24.8 Å². The van der Waals surface area contributed by atoms with Crippen LogP contribution >= 0.6 is 11.6 Å². The van der Waals surface area contributed by atoms with Crippen molar-refractivity contribution in [3.8, 4) is 5.75 Å². The molecular formula is C13H13ClO2. The Morgan fingerprint density at radius 3 is 2.88 bits per heavy atom. The summed E-state index contributed by atoms with van der Waals surface area (Å²) in [5.74, 6) is 0.638. The van der Waals surface area contributed by atoms with Crippen LogP contribution in [0, 0.1) is 0 Å². The lowest BCUT2D eigenvalue weighted by atomic mass is 10.0. The minimum Gasteiger partial charge on any atom is -0.495 e. The highest BCUT2D eigenvalue weighted by Gasteiger charge is 2.16. The zero-order chi connectivity index (χ0) is 11.5. The number of ketones is 1. The first kappa shape index (κ1) is 11.2. The second-order valence-corrected chi connectivity index (χ2v) is 4.21. The molecule has 1 aliphatic rings. The van der Waals surface area contributed by atoms with Crippen molar-refractivity contribution in [1.82, 2.24) is 0 Å². The van der Waals surface area contributed by atoms with Crippen molar-refractivity contribution in [2.24, 2.45) is 0 Å². The lowest BCUT2D eigenvalue weighted by molar-refractivity contribution is 0.103. The number of allylic oxidation sites excluding steroid dienone is 2. The van der Waals surface area contributed by atoms with Gasteiger partial charge in [-0.15, -0.1) is 0 Å². The van der Waals surface area contributed by atoms with E-state index in [1.807, 2.05) is 6.08 Å². The first-order valence-corrected chi connectivity index (χ1v) is 5.67. The number of halogens is 1. The Labute approximate surface area is 99.9 Å². The Hall–Kier alpha value is -1.28.